The van der Waals surface area contributed by atoms with Crippen molar-refractivity contribution in [2.75, 3.05) is 6.54 Å². The molecule has 2 heterocycles. The van der Waals surface area contributed by atoms with Crippen LogP contribution in [0.5, 0.6) is 0 Å². The van der Waals surface area contributed by atoms with Crippen LogP contribution in [0, 0.1) is 20.8 Å². The van der Waals surface area contributed by atoms with E-state index in [-0.39, 0.29) is 5.91 Å². The molecule has 0 unspecified atom stereocenters. The van der Waals surface area contributed by atoms with Gasteiger partial charge in [-0.15, -0.1) is 0 Å². The second-order valence-corrected chi connectivity index (χ2v) is 6.27. The Morgan fingerprint density at radius 2 is 1.91 bits per heavy atom. The maximum atomic E-state index is 11.9. The van der Waals surface area contributed by atoms with Gasteiger partial charge in [0.15, 0.2) is 0 Å². The molecule has 1 N–H and O–H groups in total. The molecular weight excluding hydrogens is 337 g/mol. The molecule has 0 aliphatic heterocycles. The minimum absolute atomic E-state index is 0.00311. The van der Waals surface area contributed by atoms with Crippen LogP contribution in [0.15, 0.2) is 6.20 Å². The van der Waals surface area contributed by atoms with Gasteiger partial charge >= 0.3 is 0 Å². The van der Waals surface area contributed by atoms with E-state index in [0.29, 0.717) is 29.6 Å². The molecule has 2 aromatic rings. The minimum atomic E-state index is 0.00311. The maximum Gasteiger partial charge on any atom is 0.221 e. The van der Waals surface area contributed by atoms with Crippen molar-refractivity contribution in [2.24, 2.45) is 0 Å². The van der Waals surface area contributed by atoms with Gasteiger partial charge in [0.25, 0.3) is 0 Å². The Morgan fingerprint density at radius 3 is 2.48 bits per heavy atom. The Bertz CT molecular complexity index is 673. The molecule has 0 atom stereocenters. The molecule has 0 aliphatic rings. The Labute approximate surface area is 145 Å². The van der Waals surface area contributed by atoms with Gasteiger partial charge in [0.2, 0.25) is 5.91 Å². The first-order valence-corrected chi connectivity index (χ1v) is 8.30. The van der Waals surface area contributed by atoms with E-state index in [9.17, 15) is 4.79 Å². The standard InChI is InChI=1S/C15H21Cl2N5O/c1-10-13(16)9-21(19-10)7-4-6-18-14(23)5-8-22-12(3)15(17)11(2)20-22/h9H,4-8H2,1-3H3,(H,18,23). The van der Waals surface area contributed by atoms with Crippen molar-refractivity contribution in [3.05, 3.63) is 33.3 Å². The van der Waals surface area contributed by atoms with Crippen LogP contribution in [0.2, 0.25) is 10.0 Å². The number of amides is 1. The van der Waals surface area contributed by atoms with Crippen LogP contribution >= 0.6 is 23.2 Å². The zero-order valence-corrected chi connectivity index (χ0v) is 15.1. The average Bonchev–Trinajstić information content (AvgIpc) is 2.95. The number of halogens is 2. The lowest BCUT2D eigenvalue weighted by Gasteiger charge is -2.07. The van der Waals surface area contributed by atoms with Crippen molar-refractivity contribution >= 4 is 29.1 Å². The molecule has 0 bridgehead atoms. The molecule has 0 saturated carbocycles. The second kappa shape index (κ2) is 7.84. The van der Waals surface area contributed by atoms with Gasteiger partial charge in [-0.25, -0.2) is 0 Å². The van der Waals surface area contributed by atoms with Gasteiger partial charge in [0.1, 0.15) is 0 Å². The van der Waals surface area contributed by atoms with E-state index in [1.165, 1.54) is 0 Å². The minimum Gasteiger partial charge on any atom is -0.356 e. The second-order valence-electron chi connectivity index (χ2n) is 5.49. The molecular formula is C15H21Cl2N5O. The zero-order valence-electron chi connectivity index (χ0n) is 13.6. The van der Waals surface area contributed by atoms with Crippen molar-refractivity contribution in [2.45, 2.75) is 46.7 Å². The lowest BCUT2D eigenvalue weighted by atomic mass is 10.3. The monoisotopic (exact) mass is 357 g/mol. The Hall–Kier alpha value is -1.53. The van der Waals surface area contributed by atoms with Gasteiger partial charge in [0, 0.05) is 25.7 Å². The van der Waals surface area contributed by atoms with E-state index in [1.807, 2.05) is 20.8 Å². The summed E-state index contributed by atoms with van der Waals surface area (Å²) in [6, 6.07) is 0. The fourth-order valence-electron chi connectivity index (χ4n) is 2.27. The normalized spacial score (nSPS) is 11.0. The Kier molecular flexibility index (Phi) is 6.07. The highest BCUT2D eigenvalue weighted by Crippen LogP contribution is 2.18. The lowest BCUT2D eigenvalue weighted by molar-refractivity contribution is -0.121. The van der Waals surface area contributed by atoms with Crippen molar-refractivity contribution in [1.29, 1.82) is 0 Å². The molecule has 0 spiro atoms. The number of nitrogens with one attached hydrogen (secondary N) is 1. The molecule has 23 heavy (non-hydrogen) atoms. The topological polar surface area (TPSA) is 64.7 Å². The van der Waals surface area contributed by atoms with E-state index in [2.05, 4.69) is 15.5 Å². The van der Waals surface area contributed by atoms with Gasteiger partial charge in [-0.05, 0) is 27.2 Å². The average molecular weight is 358 g/mol. The van der Waals surface area contributed by atoms with Crippen LogP contribution in [0.25, 0.3) is 0 Å². The summed E-state index contributed by atoms with van der Waals surface area (Å²) in [6.45, 7) is 7.48. The van der Waals surface area contributed by atoms with Crippen molar-refractivity contribution < 1.29 is 4.79 Å². The number of hydrogen-bond donors (Lipinski definition) is 1. The number of aromatic nitrogens is 4. The van der Waals surface area contributed by atoms with Crippen LogP contribution in [-0.2, 0) is 17.9 Å². The quantitative estimate of drug-likeness (QED) is 0.774. The summed E-state index contributed by atoms with van der Waals surface area (Å²) in [7, 11) is 0. The highest BCUT2D eigenvalue weighted by atomic mass is 35.5. The number of aryl methyl sites for hydroxylation is 4. The van der Waals surface area contributed by atoms with Crippen molar-refractivity contribution in [3.8, 4) is 0 Å². The number of carbonyl (C=O) groups excluding carboxylic acids is 1. The molecule has 0 aromatic carbocycles. The molecule has 126 valence electrons. The smallest absolute Gasteiger partial charge is 0.221 e. The highest BCUT2D eigenvalue weighted by Gasteiger charge is 2.10. The van der Waals surface area contributed by atoms with Gasteiger partial charge in [-0.1, -0.05) is 23.2 Å². The third-order valence-corrected chi connectivity index (χ3v) is 4.53. The number of rotatable bonds is 7. The number of hydrogen-bond acceptors (Lipinski definition) is 3. The molecule has 0 radical (unpaired) electrons. The fourth-order valence-corrected chi connectivity index (χ4v) is 2.55. The summed E-state index contributed by atoms with van der Waals surface area (Å²) < 4.78 is 3.56. The summed E-state index contributed by atoms with van der Waals surface area (Å²) in [6.07, 6.45) is 2.98. The number of carbonyl (C=O) groups is 1. The largest absolute Gasteiger partial charge is 0.356 e. The molecule has 0 aliphatic carbocycles. The summed E-state index contributed by atoms with van der Waals surface area (Å²) in [5.74, 6) is 0.00311. The van der Waals surface area contributed by atoms with Gasteiger partial charge in [-0.2, -0.15) is 10.2 Å². The van der Waals surface area contributed by atoms with Crippen LogP contribution in [0.4, 0.5) is 0 Å². The summed E-state index contributed by atoms with van der Waals surface area (Å²) in [5, 5.41) is 12.8. The summed E-state index contributed by atoms with van der Waals surface area (Å²) in [4.78, 5) is 11.9. The molecule has 8 heteroatoms. The zero-order chi connectivity index (χ0) is 17.0. The van der Waals surface area contributed by atoms with Crippen molar-refractivity contribution in [1.82, 2.24) is 24.9 Å². The number of nitrogens with zero attached hydrogens (tertiary/aromatic N) is 4. The summed E-state index contributed by atoms with van der Waals surface area (Å²) >= 11 is 12.0. The third-order valence-electron chi connectivity index (χ3n) is 3.62. The molecule has 0 fully saturated rings. The first-order chi connectivity index (χ1) is 10.9. The fraction of sp³-hybridized carbons (Fsp3) is 0.533. The van der Waals surface area contributed by atoms with Crippen LogP contribution < -0.4 is 5.32 Å². The van der Waals surface area contributed by atoms with Gasteiger partial charge < -0.3 is 5.32 Å². The van der Waals surface area contributed by atoms with Crippen LogP contribution in [-0.4, -0.2) is 32.0 Å². The molecule has 0 saturated heterocycles. The van der Waals surface area contributed by atoms with Gasteiger partial charge in [-0.3, -0.25) is 14.2 Å². The SMILES string of the molecule is Cc1nn(CCCNC(=O)CCn2nc(C)c(Cl)c2C)cc1Cl. The maximum absolute atomic E-state index is 11.9. The van der Waals surface area contributed by atoms with Crippen LogP contribution in [0.1, 0.15) is 29.9 Å². The van der Waals surface area contributed by atoms with E-state index < -0.39 is 0 Å². The Balaban J connectivity index is 1.68. The Morgan fingerprint density at radius 1 is 1.17 bits per heavy atom. The van der Waals surface area contributed by atoms with E-state index >= 15 is 0 Å². The van der Waals surface area contributed by atoms with E-state index in [1.54, 1.807) is 15.6 Å². The van der Waals surface area contributed by atoms with Gasteiger partial charge in [0.05, 0.1) is 33.7 Å². The molecule has 1 amide bonds. The molecule has 6 nitrogen and oxygen atoms in total. The van der Waals surface area contributed by atoms with Crippen LogP contribution in [0.3, 0.4) is 0 Å². The predicted molar refractivity (Wildman–Crippen MR) is 90.9 cm³/mol. The first kappa shape index (κ1) is 17.8. The molecule has 2 aromatic heterocycles. The van der Waals surface area contributed by atoms with Crippen molar-refractivity contribution in [3.63, 3.8) is 0 Å². The highest BCUT2D eigenvalue weighted by molar-refractivity contribution is 6.31. The van der Waals surface area contributed by atoms with E-state index in [0.717, 1.165) is 30.0 Å². The molecule has 2 rings (SSSR count). The third kappa shape index (κ3) is 4.72. The predicted octanol–water partition coefficient (Wildman–Crippen LogP) is 2.91. The summed E-state index contributed by atoms with van der Waals surface area (Å²) in [5.41, 5.74) is 2.50. The first-order valence-electron chi connectivity index (χ1n) is 7.54. The lowest BCUT2D eigenvalue weighted by Crippen LogP contribution is -2.26. The van der Waals surface area contributed by atoms with E-state index in [4.69, 9.17) is 23.2 Å².